The van der Waals surface area contributed by atoms with Crippen molar-refractivity contribution in [2.45, 2.75) is 0 Å². The van der Waals surface area contributed by atoms with Crippen LogP contribution in [0.3, 0.4) is 0 Å². The predicted octanol–water partition coefficient (Wildman–Crippen LogP) is 4.48. The van der Waals surface area contributed by atoms with Crippen molar-refractivity contribution in [2.24, 2.45) is 0 Å². The third kappa shape index (κ3) is 2.31. The average Bonchev–Trinajstić information content (AvgIpc) is 2.28. The molecule has 0 saturated carbocycles. The van der Waals surface area contributed by atoms with Crippen LogP contribution in [0.25, 0.3) is 0 Å². The lowest BCUT2D eigenvalue weighted by atomic mass is 10.3. The molecule has 0 aliphatic rings. The van der Waals surface area contributed by atoms with E-state index in [-0.39, 0.29) is 0 Å². The number of anilines is 1. The first kappa shape index (κ1) is 11.3. The minimum atomic E-state index is 0.444. The van der Waals surface area contributed by atoms with Gasteiger partial charge in [0.25, 0.3) is 0 Å². The van der Waals surface area contributed by atoms with Crippen molar-refractivity contribution in [3.63, 3.8) is 0 Å². The van der Waals surface area contributed by atoms with Gasteiger partial charge in [0.1, 0.15) is 5.75 Å². The fraction of sp³-hybridized carbons (Fsp3) is 0. The van der Waals surface area contributed by atoms with Gasteiger partial charge < -0.3 is 10.5 Å². The summed E-state index contributed by atoms with van der Waals surface area (Å²) in [6.45, 7) is 0. The number of nitrogen functional groups attached to an aromatic ring is 1. The molecule has 2 aromatic rings. The van der Waals surface area contributed by atoms with Crippen molar-refractivity contribution in [2.75, 3.05) is 5.73 Å². The molecule has 16 heavy (non-hydrogen) atoms. The second kappa shape index (κ2) is 4.76. The van der Waals surface area contributed by atoms with Crippen LogP contribution in [0.2, 0.25) is 5.02 Å². The van der Waals surface area contributed by atoms with Gasteiger partial charge in [-0.2, -0.15) is 0 Å². The number of ether oxygens (including phenoxy) is 1. The maximum atomic E-state index is 5.90. The number of hydrogen-bond acceptors (Lipinski definition) is 2. The average molecular weight is 299 g/mol. The summed E-state index contributed by atoms with van der Waals surface area (Å²) in [7, 11) is 0. The van der Waals surface area contributed by atoms with Crippen LogP contribution in [-0.2, 0) is 0 Å². The molecule has 2 rings (SSSR count). The van der Waals surface area contributed by atoms with E-state index in [2.05, 4.69) is 15.9 Å². The van der Waals surface area contributed by atoms with Crippen LogP contribution >= 0.6 is 27.5 Å². The highest BCUT2D eigenvalue weighted by molar-refractivity contribution is 9.10. The Morgan fingerprint density at radius 1 is 1.00 bits per heavy atom. The third-order valence-corrected chi connectivity index (χ3v) is 3.05. The normalized spacial score (nSPS) is 10.1. The summed E-state index contributed by atoms with van der Waals surface area (Å²) in [5.74, 6) is 1.26. The van der Waals surface area contributed by atoms with Crippen LogP contribution in [0.5, 0.6) is 11.5 Å². The zero-order valence-corrected chi connectivity index (χ0v) is 10.6. The number of nitrogens with two attached hydrogens (primary N) is 1. The first-order chi connectivity index (χ1) is 7.68. The zero-order chi connectivity index (χ0) is 11.5. The molecule has 2 N–H and O–H groups in total. The standard InChI is InChI=1S/C12H9BrClNO/c13-8-4-1-2-6-10(8)16-11-7-3-5-9(14)12(11)15/h1-7H,15H2. The second-order valence-electron chi connectivity index (χ2n) is 3.18. The van der Waals surface area contributed by atoms with Crippen molar-refractivity contribution in [3.05, 3.63) is 52.0 Å². The van der Waals surface area contributed by atoms with Crippen LogP contribution in [0.4, 0.5) is 5.69 Å². The molecule has 0 spiro atoms. The zero-order valence-electron chi connectivity index (χ0n) is 8.28. The molecule has 2 nitrogen and oxygen atoms in total. The van der Waals surface area contributed by atoms with Crippen molar-refractivity contribution >= 4 is 33.2 Å². The predicted molar refractivity (Wildman–Crippen MR) is 70.1 cm³/mol. The summed E-state index contributed by atoms with van der Waals surface area (Å²) in [5.41, 5.74) is 6.25. The number of benzene rings is 2. The van der Waals surface area contributed by atoms with Gasteiger partial charge in [-0.05, 0) is 40.2 Å². The molecule has 0 amide bonds. The molecule has 0 aromatic heterocycles. The molecule has 4 heteroatoms. The van der Waals surface area contributed by atoms with Crippen LogP contribution in [0.1, 0.15) is 0 Å². The molecular weight excluding hydrogens is 289 g/mol. The lowest BCUT2D eigenvalue weighted by Crippen LogP contribution is -1.93. The van der Waals surface area contributed by atoms with E-state index >= 15 is 0 Å². The Labute approximate surface area is 107 Å². The second-order valence-corrected chi connectivity index (χ2v) is 4.45. The molecule has 2 aromatic carbocycles. The van der Waals surface area contributed by atoms with Gasteiger partial charge in [-0.1, -0.05) is 29.8 Å². The minimum absolute atomic E-state index is 0.444. The smallest absolute Gasteiger partial charge is 0.151 e. The molecule has 0 atom stereocenters. The Hall–Kier alpha value is -1.19. The van der Waals surface area contributed by atoms with Crippen molar-refractivity contribution < 1.29 is 4.74 Å². The number of halogens is 2. The van der Waals surface area contributed by atoms with E-state index in [1.165, 1.54) is 0 Å². The van der Waals surface area contributed by atoms with Crippen LogP contribution in [0.15, 0.2) is 46.9 Å². The highest BCUT2D eigenvalue weighted by Crippen LogP contribution is 2.35. The lowest BCUT2D eigenvalue weighted by molar-refractivity contribution is 0.482. The first-order valence-electron chi connectivity index (χ1n) is 4.65. The van der Waals surface area contributed by atoms with Crippen molar-refractivity contribution in [1.82, 2.24) is 0 Å². The molecule has 0 unspecified atom stereocenters. The third-order valence-electron chi connectivity index (χ3n) is 2.07. The number of rotatable bonds is 2. The molecule has 0 heterocycles. The Kier molecular flexibility index (Phi) is 3.36. The quantitative estimate of drug-likeness (QED) is 0.830. The molecule has 0 bridgehead atoms. The highest BCUT2D eigenvalue weighted by atomic mass is 79.9. The van der Waals surface area contributed by atoms with Crippen molar-refractivity contribution in [3.8, 4) is 11.5 Å². The largest absolute Gasteiger partial charge is 0.454 e. The molecule has 0 aliphatic carbocycles. The number of hydrogen-bond donors (Lipinski definition) is 1. The summed E-state index contributed by atoms with van der Waals surface area (Å²) in [6.07, 6.45) is 0. The molecule has 0 aliphatic heterocycles. The Morgan fingerprint density at radius 3 is 2.44 bits per heavy atom. The Balaban J connectivity index is 2.35. The van der Waals surface area contributed by atoms with Crippen LogP contribution in [0, 0.1) is 0 Å². The van der Waals surface area contributed by atoms with E-state index in [4.69, 9.17) is 22.1 Å². The van der Waals surface area contributed by atoms with E-state index in [1.54, 1.807) is 18.2 Å². The summed E-state index contributed by atoms with van der Waals surface area (Å²) in [4.78, 5) is 0. The topological polar surface area (TPSA) is 35.2 Å². The van der Waals surface area contributed by atoms with Gasteiger partial charge in [0.2, 0.25) is 0 Å². The maximum absolute atomic E-state index is 5.90. The monoisotopic (exact) mass is 297 g/mol. The van der Waals surface area contributed by atoms with Gasteiger partial charge in [-0.3, -0.25) is 0 Å². The fourth-order valence-electron chi connectivity index (χ4n) is 1.25. The van der Waals surface area contributed by atoms with E-state index < -0.39 is 0 Å². The Morgan fingerprint density at radius 2 is 1.69 bits per heavy atom. The molecule has 0 fully saturated rings. The number of para-hydroxylation sites is 2. The minimum Gasteiger partial charge on any atom is -0.454 e. The van der Waals surface area contributed by atoms with Crippen LogP contribution in [-0.4, -0.2) is 0 Å². The summed E-state index contributed by atoms with van der Waals surface area (Å²) in [5, 5.41) is 0.490. The molecule has 0 radical (unpaired) electrons. The van der Waals surface area contributed by atoms with E-state index in [0.717, 1.165) is 4.47 Å². The van der Waals surface area contributed by atoms with Gasteiger partial charge in [0.05, 0.1) is 15.2 Å². The first-order valence-corrected chi connectivity index (χ1v) is 5.82. The van der Waals surface area contributed by atoms with Gasteiger partial charge in [-0.15, -0.1) is 0 Å². The summed E-state index contributed by atoms with van der Waals surface area (Å²) >= 11 is 9.30. The molecule has 0 saturated heterocycles. The van der Waals surface area contributed by atoms with Crippen LogP contribution < -0.4 is 10.5 Å². The lowest BCUT2D eigenvalue weighted by Gasteiger charge is -2.10. The molecular formula is C12H9BrClNO. The van der Waals surface area contributed by atoms with E-state index in [1.807, 2.05) is 24.3 Å². The molecule has 82 valence electrons. The fourth-order valence-corrected chi connectivity index (χ4v) is 1.78. The van der Waals surface area contributed by atoms with Gasteiger partial charge in [0, 0.05) is 0 Å². The van der Waals surface area contributed by atoms with E-state index in [0.29, 0.717) is 22.2 Å². The maximum Gasteiger partial charge on any atom is 0.151 e. The summed E-state index contributed by atoms with van der Waals surface area (Å²) in [6, 6.07) is 12.9. The van der Waals surface area contributed by atoms with Gasteiger partial charge >= 0.3 is 0 Å². The Bertz CT molecular complexity index is 516. The summed E-state index contributed by atoms with van der Waals surface area (Å²) < 4.78 is 6.53. The highest BCUT2D eigenvalue weighted by Gasteiger charge is 2.06. The van der Waals surface area contributed by atoms with Crippen molar-refractivity contribution in [1.29, 1.82) is 0 Å². The van der Waals surface area contributed by atoms with E-state index in [9.17, 15) is 0 Å². The van der Waals surface area contributed by atoms with Gasteiger partial charge in [0.15, 0.2) is 5.75 Å². The SMILES string of the molecule is Nc1c(Cl)cccc1Oc1ccccc1Br. The van der Waals surface area contributed by atoms with Gasteiger partial charge in [-0.25, -0.2) is 0 Å².